The van der Waals surface area contributed by atoms with Gasteiger partial charge in [-0.15, -0.1) is 0 Å². The van der Waals surface area contributed by atoms with Crippen molar-refractivity contribution in [2.45, 2.75) is 6.92 Å². The molecule has 0 aliphatic rings. The normalized spacial score (nSPS) is 10.3. The fourth-order valence-electron chi connectivity index (χ4n) is 2.43. The van der Waals surface area contributed by atoms with Crippen molar-refractivity contribution in [2.75, 3.05) is 10.6 Å². The van der Waals surface area contributed by atoms with Gasteiger partial charge in [-0.05, 0) is 48.9 Å². The number of carbonyl (C=O) groups excluding carboxylic acids is 2. The van der Waals surface area contributed by atoms with Crippen molar-refractivity contribution in [3.8, 4) is 0 Å². The average Bonchev–Trinajstić information content (AvgIpc) is 2.65. The highest BCUT2D eigenvalue weighted by Gasteiger charge is 2.12. The second-order valence-electron chi connectivity index (χ2n) is 5.79. The van der Waals surface area contributed by atoms with Crippen LogP contribution in [0.1, 0.15) is 26.3 Å². The lowest BCUT2D eigenvalue weighted by Gasteiger charge is -2.12. The summed E-state index contributed by atoms with van der Waals surface area (Å²) in [6.07, 6.45) is 1.38. The maximum Gasteiger partial charge on any atom is 0.257 e. The summed E-state index contributed by atoms with van der Waals surface area (Å²) in [5, 5.41) is 6.18. The Hall–Kier alpha value is -2.89. The van der Waals surface area contributed by atoms with Crippen molar-refractivity contribution in [2.24, 2.45) is 0 Å². The van der Waals surface area contributed by atoms with E-state index < -0.39 is 0 Å². The van der Waals surface area contributed by atoms with Crippen LogP contribution < -0.4 is 10.6 Å². The van der Waals surface area contributed by atoms with Crippen molar-refractivity contribution in [1.29, 1.82) is 0 Å². The number of amides is 2. The van der Waals surface area contributed by atoms with E-state index >= 15 is 0 Å². The van der Waals surface area contributed by atoms with Crippen LogP contribution in [0.15, 0.2) is 60.8 Å². The number of nitrogens with zero attached hydrogens (tertiary/aromatic N) is 1. The van der Waals surface area contributed by atoms with Gasteiger partial charge in [-0.3, -0.25) is 9.59 Å². The zero-order chi connectivity index (χ0) is 19.4. The third-order valence-electron chi connectivity index (χ3n) is 3.85. The third-order valence-corrected chi connectivity index (χ3v) is 4.40. The molecule has 0 spiro atoms. The Kier molecular flexibility index (Phi) is 5.74. The van der Waals surface area contributed by atoms with Crippen LogP contribution in [0.25, 0.3) is 0 Å². The first-order chi connectivity index (χ1) is 12.9. The second-order valence-corrected chi connectivity index (χ2v) is 6.58. The summed E-state index contributed by atoms with van der Waals surface area (Å²) < 4.78 is 0. The number of rotatable bonds is 4. The van der Waals surface area contributed by atoms with Gasteiger partial charge < -0.3 is 10.6 Å². The Morgan fingerprint density at radius 1 is 0.926 bits per heavy atom. The molecule has 0 atom stereocenters. The summed E-state index contributed by atoms with van der Waals surface area (Å²) >= 11 is 11.9. The van der Waals surface area contributed by atoms with Gasteiger partial charge in [0.15, 0.2) is 0 Å². The van der Waals surface area contributed by atoms with E-state index in [4.69, 9.17) is 23.2 Å². The summed E-state index contributed by atoms with van der Waals surface area (Å²) in [5.74, 6) is -0.627. The zero-order valence-corrected chi connectivity index (χ0v) is 15.8. The Morgan fingerprint density at radius 3 is 2.41 bits per heavy atom. The number of halogens is 2. The minimum atomic E-state index is -0.349. The number of aromatic nitrogens is 1. The smallest absolute Gasteiger partial charge is 0.257 e. The fraction of sp³-hybridized carbons (Fsp3) is 0.0500. The minimum absolute atomic E-state index is 0.277. The summed E-state index contributed by atoms with van der Waals surface area (Å²) in [6.45, 7) is 1.85. The molecule has 0 bridgehead atoms. The average molecular weight is 400 g/mol. The van der Waals surface area contributed by atoms with E-state index in [9.17, 15) is 9.59 Å². The molecule has 1 heterocycles. The quantitative estimate of drug-likeness (QED) is 0.592. The molecule has 27 heavy (non-hydrogen) atoms. The molecular weight excluding hydrogens is 385 g/mol. The van der Waals surface area contributed by atoms with E-state index in [1.165, 1.54) is 12.3 Å². The molecule has 0 fully saturated rings. The van der Waals surface area contributed by atoms with Crippen LogP contribution in [0, 0.1) is 6.92 Å². The van der Waals surface area contributed by atoms with Gasteiger partial charge in [0.25, 0.3) is 11.8 Å². The number of pyridine rings is 1. The fourth-order valence-corrected chi connectivity index (χ4v) is 2.71. The van der Waals surface area contributed by atoms with E-state index in [0.29, 0.717) is 32.7 Å². The van der Waals surface area contributed by atoms with Crippen LogP contribution in [0.2, 0.25) is 10.2 Å². The number of benzene rings is 2. The molecule has 2 amide bonds. The van der Waals surface area contributed by atoms with Gasteiger partial charge in [0.05, 0.1) is 16.3 Å². The zero-order valence-electron chi connectivity index (χ0n) is 14.3. The SMILES string of the molecule is Cc1ccccc1C(=O)Nc1cc(NC(=O)c2ccc(Cl)nc2)ccc1Cl. The summed E-state index contributed by atoms with van der Waals surface area (Å²) in [7, 11) is 0. The van der Waals surface area contributed by atoms with Crippen LogP contribution >= 0.6 is 23.2 Å². The van der Waals surface area contributed by atoms with Crippen molar-refractivity contribution >= 4 is 46.4 Å². The summed E-state index contributed by atoms with van der Waals surface area (Å²) in [6, 6.07) is 15.2. The van der Waals surface area contributed by atoms with Crippen LogP contribution in [-0.2, 0) is 0 Å². The first kappa shape index (κ1) is 18.9. The van der Waals surface area contributed by atoms with Gasteiger partial charge in [-0.25, -0.2) is 4.98 Å². The molecule has 0 aliphatic carbocycles. The minimum Gasteiger partial charge on any atom is -0.322 e. The highest BCUT2D eigenvalue weighted by molar-refractivity contribution is 6.34. The first-order valence-electron chi connectivity index (χ1n) is 8.03. The molecule has 1 aromatic heterocycles. The first-order valence-corrected chi connectivity index (χ1v) is 8.79. The number of carbonyl (C=O) groups is 2. The van der Waals surface area contributed by atoms with E-state index in [1.807, 2.05) is 19.1 Å². The molecule has 0 saturated carbocycles. The maximum absolute atomic E-state index is 12.5. The van der Waals surface area contributed by atoms with Gasteiger partial charge in [0.2, 0.25) is 0 Å². The number of nitrogens with one attached hydrogen (secondary N) is 2. The number of hydrogen-bond donors (Lipinski definition) is 2. The van der Waals surface area contributed by atoms with Crippen LogP contribution in [0.3, 0.4) is 0 Å². The lowest BCUT2D eigenvalue weighted by Crippen LogP contribution is -2.15. The molecule has 3 rings (SSSR count). The Labute approximate surface area is 166 Å². The Bertz CT molecular complexity index is 1000. The molecule has 2 aromatic carbocycles. The van der Waals surface area contributed by atoms with Crippen LogP contribution in [0.4, 0.5) is 11.4 Å². The maximum atomic E-state index is 12.5. The van der Waals surface area contributed by atoms with Crippen molar-refractivity contribution in [1.82, 2.24) is 4.98 Å². The molecule has 3 aromatic rings. The summed E-state index contributed by atoms with van der Waals surface area (Å²) in [4.78, 5) is 28.7. The van der Waals surface area contributed by atoms with Gasteiger partial charge >= 0.3 is 0 Å². The molecular formula is C20H15Cl2N3O2. The van der Waals surface area contributed by atoms with Crippen molar-refractivity contribution < 1.29 is 9.59 Å². The number of aryl methyl sites for hydroxylation is 1. The third kappa shape index (κ3) is 4.64. The highest BCUT2D eigenvalue weighted by atomic mass is 35.5. The molecule has 0 saturated heterocycles. The Morgan fingerprint density at radius 2 is 1.70 bits per heavy atom. The molecule has 5 nitrogen and oxygen atoms in total. The van der Waals surface area contributed by atoms with Crippen molar-refractivity contribution in [3.05, 3.63) is 87.7 Å². The largest absolute Gasteiger partial charge is 0.322 e. The topological polar surface area (TPSA) is 71.1 Å². The highest BCUT2D eigenvalue weighted by Crippen LogP contribution is 2.26. The molecule has 7 heteroatoms. The predicted octanol–water partition coefficient (Wildman–Crippen LogP) is 5.20. The van der Waals surface area contributed by atoms with E-state index in [0.717, 1.165) is 5.56 Å². The molecule has 0 unspecified atom stereocenters. The van der Waals surface area contributed by atoms with E-state index in [2.05, 4.69) is 15.6 Å². The second kappa shape index (κ2) is 8.20. The number of anilines is 2. The van der Waals surface area contributed by atoms with Gasteiger partial charge in [-0.2, -0.15) is 0 Å². The van der Waals surface area contributed by atoms with Gasteiger partial charge in [0.1, 0.15) is 5.15 Å². The molecule has 0 radical (unpaired) electrons. The van der Waals surface area contributed by atoms with E-state index in [1.54, 1.807) is 36.4 Å². The number of hydrogen-bond acceptors (Lipinski definition) is 3. The van der Waals surface area contributed by atoms with Crippen LogP contribution in [-0.4, -0.2) is 16.8 Å². The standard InChI is InChI=1S/C20H15Cl2N3O2/c1-12-4-2-3-5-15(12)20(27)25-17-10-14(7-8-16(17)21)24-19(26)13-6-9-18(22)23-11-13/h2-11H,1H3,(H,24,26)(H,25,27). The van der Waals surface area contributed by atoms with Gasteiger partial charge in [0, 0.05) is 17.4 Å². The Balaban J connectivity index is 1.78. The summed E-state index contributed by atoms with van der Waals surface area (Å²) in [5.41, 5.74) is 2.65. The molecule has 136 valence electrons. The monoisotopic (exact) mass is 399 g/mol. The lowest BCUT2D eigenvalue weighted by molar-refractivity contribution is 0.101. The van der Waals surface area contributed by atoms with Crippen molar-refractivity contribution in [3.63, 3.8) is 0 Å². The lowest BCUT2D eigenvalue weighted by atomic mass is 10.1. The molecule has 2 N–H and O–H groups in total. The van der Waals surface area contributed by atoms with E-state index in [-0.39, 0.29) is 11.8 Å². The van der Waals surface area contributed by atoms with Crippen LogP contribution in [0.5, 0.6) is 0 Å². The molecule has 0 aliphatic heterocycles. The predicted molar refractivity (Wildman–Crippen MR) is 108 cm³/mol. The van der Waals surface area contributed by atoms with Gasteiger partial charge in [-0.1, -0.05) is 41.4 Å².